The number of halogens is 2. The summed E-state index contributed by atoms with van der Waals surface area (Å²) in [5.74, 6) is -0.796. The van der Waals surface area contributed by atoms with Crippen molar-refractivity contribution in [3.05, 3.63) is 70.0 Å². The average molecular weight is 304 g/mol. The molecular weight excluding hydrogens is 289 g/mol. The van der Waals surface area contributed by atoms with Crippen LogP contribution in [-0.4, -0.2) is 5.91 Å². The second kappa shape index (κ2) is 6.55. The molecule has 1 amide bonds. The maximum absolute atomic E-state index is 13.6. The van der Waals surface area contributed by atoms with E-state index in [1.807, 2.05) is 32.0 Å². The summed E-state index contributed by atoms with van der Waals surface area (Å²) in [5, 5.41) is 3.00. The van der Waals surface area contributed by atoms with Crippen LogP contribution < -0.4 is 5.32 Å². The minimum atomic E-state index is -0.460. The summed E-state index contributed by atoms with van der Waals surface area (Å²) in [6.07, 6.45) is 2.63. The summed E-state index contributed by atoms with van der Waals surface area (Å²) < 4.78 is 13.6. The Labute approximate surface area is 128 Å². The van der Waals surface area contributed by atoms with Crippen LogP contribution in [0.3, 0.4) is 0 Å². The Morgan fingerprint density at radius 2 is 1.95 bits per heavy atom. The van der Waals surface area contributed by atoms with Gasteiger partial charge in [0.25, 0.3) is 0 Å². The first-order valence-electron chi connectivity index (χ1n) is 6.47. The van der Waals surface area contributed by atoms with Gasteiger partial charge < -0.3 is 5.32 Å². The lowest BCUT2D eigenvalue weighted by atomic mass is 10.1. The Morgan fingerprint density at radius 3 is 2.62 bits per heavy atom. The van der Waals surface area contributed by atoms with Crippen molar-refractivity contribution >= 4 is 29.3 Å². The molecule has 0 unspecified atom stereocenters. The molecule has 0 atom stereocenters. The number of rotatable bonds is 3. The van der Waals surface area contributed by atoms with E-state index in [9.17, 15) is 9.18 Å². The van der Waals surface area contributed by atoms with Crippen molar-refractivity contribution in [1.82, 2.24) is 0 Å². The number of nitrogens with one attached hydrogen (secondary N) is 1. The van der Waals surface area contributed by atoms with Crippen LogP contribution in [0.1, 0.15) is 16.7 Å². The molecule has 0 aromatic heterocycles. The smallest absolute Gasteiger partial charge is 0.248 e. The summed E-state index contributed by atoms with van der Waals surface area (Å²) in [4.78, 5) is 11.8. The molecule has 0 fully saturated rings. The van der Waals surface area contributed by atoms with Gasteiger partial charge in [-0.2, -0.15) is 0 Å². The molecule has 0 heterocycles. The Hall–Kier alpha value is -2.13. The largest absolute Gasteiger partial charge is 0.323 e. The van der Waals surface area contributed by atoms with Crippen LogP contribution in [0.2, 0.25) is 5.02 Å². The Morgan fingerprint density at radius 1 is 1.19 bits per heavy atom. The first kappa shape index (κ1) is 15.3. The minimum absolute atomic E-state index is 0.203. The summed E-state index contributed by atoms with van der Waals surface area (Å²) in [5.41, 5.74) is 3.15. The van der Waals surface area contributed by atoms with E-state index in [0.717, 1.165) is 11.1 Å². The normalized spacial score (nSPS) is 10.9. The van der Waals surface area contributed by atoms with E-state index < -0.39 is 5.82 Å². The van der Waals surface area contributed by atoms with E-state index in [2.05, 4.69) is 5.32 Å². The van der Waals surface area contributed by atoms with Gasteiger partial charge in [-0.15, -0.1) is 0 Å². The fraction of sp³-hybridized carbons (Fsp3) is 0.118. The topological polar surface area (TPSA) is 29.1 Å². The molecule has 2 aromatic rings. The Balaban J connectivity index is 2.11. The van der Waals surface area contributed by atoms with Crippen molar-refractivity contribution < 1.29 is 9.18 Å². The summed E-state index contributed by atoms with van der Waals surface area (Å²) in [7, 11) is 0. The van der Waals surface area contributed by atoms with E-state index in [-0.39, 0.29) is 16.5 Å². The first-order valence-corrected chi connectivity index (χ1v) is 6.85. The number of aryl methyl sites for hydroxylation is 2. The lowest BCUT2D eigenvalue weighted by Crippen LogP contribution is -2.08. The molecule has 21 heavy (non-hydrogen) atoms. The zero-order valence-corrected chi connectivity index (χ0v) is 12.5. The SMILES string of the molecule is Cc1ccc(NC(=O)/C=C\c2c(F)cccc2Cl)cc1C. The Bertz CT molecular complexity index is 690. The summed E-state index contributed by atoms with van der Waals surface area (Å²) in [6, 6.07) is 10.0. The number of hydrogen-bond acceptors (Lipinski definition) is 1. The molecule has 0 aliphatic carbocycles. The van der Waals surface area contributed by atoms with E-state index in [0.29, 0.717) is 5.69 Å². The zero-order chi connectivity index (χ0) is 15.4. The van der Waals surface area contributed by atoms with Crippen molar-refractivity contribution in [2.45, 2.75) is 13.8 Å². The third-order valence-electron chi connectivity index (χ3n) is 3.18. The van der Waals surface area contributed by atoms with Crippen molar-refractivity contribution in [3.8, 4) is 0 Å². The third kappa shape index (κ3) is 3.92. The number of carbonyl (C=O) groups is 1. The first-order chi connectivity index (χ1) is 9.97. The van der Waals surface area contributed by atoms with Crippen LogP contribution >= 0.6 is 11.6 Å². The minimum Gasteiger partial charge on any atom is -0.323 e. The fourth-order valence-corrected chi connectivity index (χ4v) is 2.06. The standard InChI is InChI=1S/C17H15ClFNO/c1-11-6-7-13(10-12(11)2)20-17(21)9-8-14-15(18)4-3-5-16(14)19/h3-10H,1-2H3,(H,20,21)/b9-8-. The van der Waals surface area contributed by atoms with Crippen molar-refractivity contribution in [1.29, 1.82) is 0 Å². The van der Waals surface area contributed by atoms with Gasteiger partial charge in [-0.3, -0.25) is 4.79 Å². The molecule has 0 bridgehead atoms. The van der Waals surface area contributed by atoms with Gasteiger partial charge in [-0.1, -0.05) is 23.7 Å². The molecular formula is C17H15ClFNO. The van der Waals surface area contributed by atoms with Crippen molar-refractivity contribution in [2.24, 2.45) is 0 Å². The molecule has 0 aliphatic rings. The summed E-state index contributed by atoms with van der Waals surface area (Å²) in [6.45, 7) is 3.97. The maximum atomic E-state index is 13.6. The molecule has 0 saturated carbocycles. The predicted molar refractivity (Wildman–Crippen MR) is 85.0 cm³/mol. The zero-order valence-electron chi connectivity index (χ0n) is 11.8. The van der Waals surface area contributed by atoms with Crippen LogP contribution in [0, 0.1) is 19.7 Å². The van der Waals surface area contributed by atoms with Gasteiger partial charge in [-0.05, 0) is 55.3 Å². The monoisotopic (exact) mass is 303 g/mol. The molecule has 0 saturated heterocycles. The highest BCUT2D eigenvalue weighted by atomic mass is 35.5. The van der Waals surface area contributed by atoms with Crippen LogP contribution in [0.4, 0.5) is 10.1 Å². The van der Waals surface area contributed by atoms with Gasteiger partial charge in [0.15, 0.2) is 0 Å². The Kier molecular flexibility index (Phi) is 4.76. The molecule has 4 heteroatoms. The highest BCUT2D eigenvalue weighted by molar-refractivity contribution is 6.32. The van der Waals surface area contributed by atoms with Crippen LogP contribution in [0.25, 0.3) is 6.08 Å². The quantitative estimate of drug-likeness (QED) is 0.815. The molecule has 2 nitrogen and oxygen atoms in total. The second-order valence-corrected chi connectivity index (χ2v) is 5.16. The van der Waals surface area contributed by atoms with Gasteiger partial charge in [0.2, 0.25) is 5.91 Å². The number of benzene rings is 2. The number of carbonyl (C=O) groups excluding carboxylic acids is 1. The highest BCUT2D eigenvalue weighted by Crippen LogP contribution is 2.20. The van der Waals surface area contributed by atoms with Crippen LogP contribution in [0.5, 0.6) is 0 Å². The third-order valence-corrected chi connectivity index (χ3v) is 3.51. The molecule has 108 valence electrons. The van der Waals surface area contributed by atoms with E-state index in [4.69, 9.17) is 11.6 Å². The van der Waals surface area contributed by atoms with Crippen molar-refractivity contribution in [2.75, 3.05) is 5.32 Å². The van der Waals surface area contributed by atoms with Crippen LogP contribution in [0.15, 0.2) is 42.5 Å². The average Bonchev–Trinajstić information content (AvgIpc) is 2.42. The van der Waals surface area contributed by atoms with E-state index in [1.165, 1.54) is 24.3 Å². The lowest BCUT2D eigenvalue weighted by molar-refractivity contribution is -0.111. The lowest BCUT2D eigenvalue weighted by Gasteiger charge is -2.05. The molecule has 2 rings (SSSR count). The number of hydrogen-bond donors (Lipinski definition) is 1. The summed E-state index contributed by atoms with van der Waals surface area (Å²) >= 11 is 5.89. The van der Waals surface area contributed by atoms with Gasteiger partial charge in [-0.25, -0.2) is 4.39 Å². The number of amides is 1. The van der Waals surface area contributed by atoms with Crippen molar-refractivity contribution in [3.63, 3.8) is 0 Å². The number of anilines is 1. The van der Waals surface area contributed by atoms with Gasteiger partial charge in [0.1, 0.15) is 5.82 Å². The van der Waals surface area contributed by atoms with E-state index >= 15 is 0 Å². The van der Waals surface area contributed by atoms with Gasteiger partial charge in [0.05, 0.1) is 5.02 Å². The molecule has 0 aliphatic heterocycles. The highest BCUT2D eigenvalue weighted by Gasteiger charge is 2.04. The second-order valence-electron chi connectivity index (χ2n) is 4.76. The maximum Gasteiger partial charge on any atom is 0.248 e. The van der Waals surface area contributed by atoms with E-state index in [1.54, 1.807) is 6.07 Å². The molecule has 1 N–H and O–H groups in total. The molecule has 0 radical (unpaired) electrons. The molecule has 2 aromatic carbocycles. The van der Waals surface area contributed by atoms with Gasteiger partial charge in [0, 0.05) is 17.3 Å². The van der Waals surface area contributed by atoms with Crippen LogP contribution in [-0.2, 0) is 4.79 Å². The fourth-order valence-electron chi connectivity index (χ4n) is 1.83. The predicted octanol–water partition coefficient (Wildman–Crippen LogP) is 4.75. The van der Waals surface area contributed by atoms with Gasteiger partial charge >= 0.3 is 0 Å². The molecule has 0 spiro atoms.